The topological polar surface area (TPSA) is 92.3 Å². The SMILES string of the molecule is COc1ccc(CC(=O)CSc2nnc(-c3cccnc3)n2Cc2ccco2)c(OC)c1. The summed E-state index contributed by atoms with van der Waals surface area (Å²) in [6, 6.07) is 12.9. The van der Waals surface area contributed by atoms with Gasteiger partial charge in [0.05, 0.1) is 32.8 Å². The third-order valence-electron chi connectivity index (χ3n) is 4.77. The van der Waals surface area contributed by atoms with Gasteiger partial charge in [-0.1, -0.05) is 17.8 Å². The predicted octanol–water partition coefficient (Wildman–Crippen LogP) is 3.90. The number of furan rings is 1. The van der Waals surface area contributed by atoms with Gasteiger partial charge in [-0.15, -0.1) is 10.2 Å². The van der Waals surface area contributed by atoms with Crippen LogP contribution in [0.5, 0.6) is 11.5 Å². The largest absolute Gasteiger partial charge is 0.497 e. The molecule has 0 fully saturated rings. The molecule has 4 rings (SSSR count). The summed E-state index contributed by atoms with van der Waals surface area (Å²) in [5.41, 5.74) is 1.65. The van der Waals surface area contributed by atoms with Gasteiger partial charge >= 0.3 is 0 Å². The number of Topliss-reactive ketones (excluding diaryl/α,β-unsaturated/α-hetero) is 1. The Balaban J connectivity index is 1.50. The summed E-state index contributed by atoms with van der Waals surface area (Å²) in [6.07, 6.45) is 5.32. The van der Waals surface area contributed by atoms with Crippen molar-refractivity contribution in [3.05, 3.63) is 72.4 Å². The van der Waals surface area contributed by atoms with E-state index in [0.717, 1.165) is 16.9 Å². The molecule has 164 valence electrons. The molecule has 0 aliphatic rings. The average molecular weight is 451 g/mol. The fraction of sp³-hybridized carbons (Fsp3) is 0.217. The van der Waals surface area contributed by atoms with Crippen LogP contribution in [0.4, 0.5) is 0 Å². The first-order chi connectivity index (χ1) is 15.7. The van der Waals surface area contributed by atoms with Gasteiger partial charge in [0.1, 0.15) is 23.0 Å². The van der Waals surface area contributed by atoms with Crippen molar-refractivity contribution in [2.75, 3.05) is 20.0 Å². The Hall–Kier alpha value is -3.59. The van der Waals surface area contributed by atoms with Gasteiger partial charge in [0.2, 0.25) is 0 Å². The Morgan fingerprint density at radius 1 is 1.12 bits per heavy atom. The molecule has 0 amide bonds. The molecule has 0 saturated carbocycles. The fourth-order valence-electron chi connectivity index (χ4n) is 3.21. The standard InChI is InChI=1S/C23H22N4O4S/c1-29-19-8-7-16(21(12-19)30-2)11-18(28)15-32-23-26-25-22(17-5-3-9-24-13-17)27(23)14-20-6-4-10-31-20/h3-10,12-13H,11,14-15H2,1-2H3. The third-order valence-corrected chi connectivity index (χ3v) is 5.80. The maximum atomic E-state index is 12.7. The highest BCUT2D eigenvalue weighted by Gasteiger charge is 2.18. The van der Waals surface area contributed by atoms with Crippen molar-refractivity contribution in [1.82, 2.24) is 19.7 Å². The average Bonchev–Trinajstić information content (AvgIpc) is 3.49. The molecule has 0 aliphatic heterocycles. The number of aromatic nitrogens is 4. The molecule has 0 spiro atoms. The Kier molecular flexibility index (Phi) is 6.86. The zero-order chi connectivity index (χ0) is 22.3. The molecule has 0 N–H and O–H groups in total. The molecule has 8 nitrogen and oxygen atoms in total. The lowest BCUT2D eigenvalue weighted by atomic mass is 10.1. The molecular weight excluding hydrogens is 428 g/mol. The van der Waals surface area contributed by atoms with Crippen LogP contribution in [0.3, 0.4) is 0 Å². The second-order valence-corrected chi connectivity index (χ2v) is 7.84. The molecule has 0 bridgehead atoms. The Bertz CT molecular complexity index is 1180. The second-order valence-electron chi connectivity index (χ2n) is 6.90. The minimum Gasteiger partial charge on any atom is -0.497 e. The smallest absolute Gasteiger partial charge is 0.192 e. The number of carbonyl (C=O) groups excluding carboxylic acids is 1. The van der Waals surface area contributed by atoms with Gasteiger partial charge in [0.15, 0.2) is 11.0 Å². The Labute approximate surface area is 189 Å². The number of hydrogen-bond donors (Lipinski definition) is 0. The molecular formula is C23H22N4O4S. The number of benzene rings is 1. The summed E-state index contributed by atoms with van der Waals surface area (Å²) in [6.45, 7) is 0.451. The van der Waals surface area contributed by atoms with Crippen LogP contribution in [0, 0.1) is 0 Å². The van der Waals surface area contributed by atoms with E-state index in [-0.39, 0.29) is 18.0 Å². The molecule has 9 heteroatoms. The number of carbonyl (C=O) groups is 1. The van der Waals surface area contributed by atoms with Crippen LogP contribution in [-0.2, 0) is 17.8 Å². The Morgan fingerprint density at radius 3 is 2.75 bits per heavy atom. The van der Waals surface area contributed by atoms with Crippen molar-refractivity contribution in [2.45, 2.75) is 18.1 Å². The molecule has 0 saturated heterocycles. The summed E-state index contributed by atoms with van der Waals surface area (Å²) >= 11 is 1.35. The van der Waals surface area contributed by atoms with E-state index in [4.69, 9.17) is 13.9 Å². The van der Waals surface area contributed by atoms with Crippen molar-refractivity contribution >= 4 is 17.5 Å². The van der Waals surface area contributed by atoms with Crippen molar-refractivity contribution in [3.8, 4) is 22.9 Å². The fourth-order valence-corrected chi connectivity index (χ4v) is 4.01. The van der Waals surface area contributed by atoms with E-state index in [0.29, 0.717) is 29.0 Å². The lowest BCUT2D eigenvalue weighted by Gasteiger charge is -2.10. The van der Waals surface area contributed by atoms with Crippen molar-refractivity contribution < 1.29 is 18.7 Å². The second kappa shape index (κ2) is 10.1. The van der Waals surface area contributed by atoms with E-state index in [1.807, 2.05) is 41.0 Å². The first-order valence-corrected chi connectivity index (χ1v) is 10.9. The maximum Gasteiger partial charge on any atom is 0.192 e. The van der Waals surface area contributed by atoms with Crippen LogP contribution in [-0.4, -0.2) is 45.5 Å². The molecule has 4 aromatic rings. The highest BCUT2D eigenvalue weighted by Crippen LogP contribution is 2.27. The molecule has 0 radical (unpaired) electrons. The van der Waals surface area contributed by atoms with Gasteiger partial charge in [-0.3, -0.25) is 14.3 Å². The lowest BCUT2D eigenvalue weighted by Crippen LogP contribution is -2.09. The number of nitrogens with zero attached hydrogens (tertiary/aromatic N) is 4. The van der Waals surface area contributed by atoms with E-state index >= 15 is 0 Å². The van der Waals surface area contributed by atoms with Crippen LogP contribution in [0.2, 0.25) is 0 Å². The van der Waals surface area contributed by atoms with Crippen molar-refractivity contribution in [2.24, 2.45) is 0 Å². The van der Waals surface area contributed by atoms with Gasteiger partial charge in [0.25, 0.3) is 0 Å². The molecule has 0 aliphatic carbocycles. The van der Waals surface area contributed by atoms with Crippen LogP contribution in [0.25, 0.3) is 11.4 Å². The first-order valence-electron chi connectivity index (χ1n) is 9.89. The molecule has 3 aromatic heterocycles. The van der Waals surface area contributed by atoms with E-state index < -0.39 is 0 Å². The predicted molar refractivity (Wildman–Crippen MR) is 120 cm³/mol. The molecule has 3 heterocycles. The van der Waals surface area contributed by atoms with Crippen LogP contribution < -0.4 is 9.47 Å². The third kappa shape index (κ3) is 5.00. The van der Waals surface area contributed by atoms with E-state index in [2.05, 4.69) is 15.2 Å². The zero-order valence-corrected chi connectivity index (χ0v) is 18.5. The molecule has 0 atom stereocenters. The minimum absolute atomic E-state index is 0.0499. The molecule has 1 aromatic carbocycles. The quantitative estimate of drug-likeness (QED) is 0.336. The summed E-state index contributed by atoms with van der Waals surface area (Å²) in [7, 11) is 3.17. The van der Waals surface area contributed by atoms with Gasteiger partial charge < -0.3 is 13.9 Å². The van der Waals surface area contributed by atoms with Crippen LogP contribution in [0.1, 0.15) is 11.3 Å². The highest BCUT2D eigenvalue weighted by molar-refractivity contribution is 7.99. The zero-order valence-electron chi connectivity index (χ0n) is 17.7. The van der Waals surface area contributed by atoms with Crippen molar-refractivity contribution in [1.29, 1.82) is 0 Å². The van der Waals surface area contributed by atoms with E-state index in [1.54, 1.807) is 38.9 Å². The minimum atomic E-state index is 0.0499. The monoisotopic (exact) mass is 450 g/mol. The summed E-state index contributed by atoms with van der Waals surface area (Å²) in [5.74, 6) is 3.05. The van der Waals surface area contributed by atoms with Crippen LogP contribution in [0.15, 0.2) is 70.7 Å². The Morgan fingerprint density at radius 2 is 2.03 bits per heavy atom. The number of rotatable bonds is 10. The van der Waals surface area contributed by atoms with E-state index in [1.165, 1.54) is 11.8 Å². The number of ether oxygens (including phenoxy) is 2. The normalized spacial score (nSPS) is 10.8. The summed E-state index contributed by atoms with van der Waals surface area (Å²) < 4.78 is 18.1. The number of methoxy groups -OCH3 is 2. The summed E-state index contributed by atoms with van der Waals surface area (Å²) in [5, 5.41) is 9.30. The van der Waals surface area contributed by atoms with Crippen molar-refractivity contribution in [3.63, 3.8) is 0 Å². The van der Waals surface area contributed by atoms with Gasteiger partial charge in [-0.05, 0) is 30.3 Å². The number of thioether (sulfide) groups is 1. The number of hydrogen-bond acceptors (Lipinski definition) is 8. The van der Waals surface area contributed by atoms with Crippen LogP contribution >= 0.6 is 11.8 Å². The highest BCUT2D eigenvalue weighted by atomic mass is 32.2. The number of pyridine rings is 1. The lowest BCUT2D eigenvalue weighted by molar-refractivity contribution is -0.116. The first kappa shape index (κ1) is 21.6. The summed E-state index contributed by atoms with van der Waals surface area (Å²) in [4.78, 5) is 16.9. The maximum absolute atomic E-state index is 12.7. The molecule has 0 unspecified atom stereocenters. The molecule has 32 heavy (non-hydrogen) atoms. The van der Waals surface area contributed by atoms with Gasteiger partial charge in [0, 0.05) is 36.0 Å². The number of ketones is 1. The van der Waals surface area contributed by atoms with E-state index in [9.17, 15) is 4.79 Å². The van der Waals surface area contributed by atoms with Gasteiger partial charge in [-0.2, -0.15) is 0 Å². The van der Waals surface area contributed by atoms with Gasteiger partial charge in [-0.25, -0.2) is 0 Å².